The zero-order valence-electron chi connectivity index (χ0n) is 7.62. The number of carbonyl (C=O) groups excluding carboxylic acids is 2. The highest BCUT2D eigenvalue weighted by molar-refractivity contribution is 5.82. The molecule has 0 spiro atoms. The van der Waals surface area contributed by atoms with Gasteiger partial charge in [-0.1, -0.05) is 6.58 Å². The summed E-state index contributed by atoms with van der Waals surface area (Å²) in [6, 6.07) is 0. The maximum absolute atomic E-state index is 9.88. The first-order valence-corrected chi connectivity index (χ1v) is 4.01. The number of hydrogen-bond acceptors (Lipinski definition) is 4. The number of aliphatic carboxylic acids is 1. The molecule has 0 saturated carbocycles. The Bertz CT molecular complexity index is 180. The molecule has 0 aromatic rings. The number of carboxylic acids is 1. The predicted molar refractivity (Wildman–Crippen MR) is 44.9 cm³/mol. The Hall–Kier alpha value is -1.16. The summed E-state index contributed by atoms with van der Waals surface area (Å²) in [7, 11) is 0. The van der Waals surface area contributed by atoms with E-state index in [4.69, 9.17) is 4.74 Å². The van der Waals surface area contributed by atoms with Crippen LogP contribution in [0.25, 0.3) is 0 Å². The Morgan fingerprint density at radius 2 is 2.23 bits per heavy atom. The van der Waals surface area contributed by atoms with Crippen LogP contribution in [0.3, 0.4) is 0 Å². The SMILES string of the molecule is C=C(C)C(=O)[O-].O=CC1CCCO1. The minimum atomic E-state index is -1.19. The first kappa shape index (κ1) is 11.8. The van der Waals surface area contributed by atoms with Gasteiger partial charge in [-0.25, -0.2) is 0 Å². The van der Waals surface area contributed by atoms with Gasteiger partial charge in [0.1, 0.15) is 12.4 Å². The largest absolute Gasteiger partial charge is 0.545 e. The van der Waals surface area contributed by atoms with E-state index in [1.165, 1.54) is 6.92 Å². The van der Waals surface area contributed by atoms with Crippen LogP contribution >= 0.6 is 0 Å². The third-order valence-electron chi connectivity index (χ3n) is 1.47. The summed E-state index contributed by atoms with van der Waals surface area (Å²) in [5, 5.41) is 9.49. The number of ether oxygens (including phenoxy) is 1. The maximum Gasteiger partial charge on any atom is 0.148 e. The molecule has 1 aliphatic rings. The van der Waals surface area contributed by atoms with E-state index < -0.39 is 5.97 Å². The molecule has 0 aromatic heterocycles. The Labute approximate surface area is 77.2 Å². The Kier molecular flexibility index (Phi) is 5.80. The lowest BCUT2D eigenvalue weighted by Crippen LogP contribution is -2.22. The number of carbonyl (C=O) groups is 2. The molecule has 1 atom stereocenters. The lowest BCUT2D eigenvalue weighted by Gasteiger charge is -1.93. The molecule has 1 heterocycles. The minimum absolute atomic E-state index is 0.0648. The second-order valence-corrected chi connectivity index (χ2v) is 2.76. The van der Waals surface area contributed by atoms with Gasteiger partial charge in [0.05, 0.1) is 5.97 Å². The van der Waals surface area contributed by atoms with Gasteiger partial charge in [0, 0.05) is 6.61 Å². The van der Waals surface area contributed by atoms with E-state index in [9.17, 15) is 14.7 Å². The van der Waals surface area contributed by atoms with Crippen molar-refractivity contribution in [3.05, 3.63) is 12.2 Å². The highest BCUT2D eigenvalue weighted by atomic mass is 16.5. The topological polar surface area (TPSA) is 66.4 Å². The summed E-state index contributed by atoms with van der Waals surface area (Å²) in [6.45, 7) is 5.24. The third kappa shape index (κ3) is 6.04. The Balaban J connectivity index is 0.000000226. The molecule has 4 heteroatoms. The summed E-state index contributed by atoms with van der Waals surface area (Å²) in [5.74, 6) is -1.19. The van der Waals surface area contributed by atoms with Gasteiger partial charge >= 0.3 is 0 Å². The molecule has 0 aromatic carbocycles. The minimum Gasteiger partial charge on any atom is -0.545 e. The second kappa shape index (κ2) is 6.37. The average Bonchev–Trinajstić information content (AvgIpc) is 2.56. The molecule has 74 valence electrons. The Morgan fingerprint density at radius 1 is 1.69 bits per heavy atom. The van der Waals surface area contributed by atoms with E-state index in [0.29, 0.717) is 0 Å². The zero-order chi connectivity index (χ0) is 10.3. The summed E-state index contributed by atoms with van der Waals surface area (Å²) in [6.07, 6.45) is 2.75. The maximum atomic E-state index is 9.88. The quantitative estimate of drug-likeness (QED) is 0.436. The van der Waals surface area contributed by atoms with E-state index in [1.807, 2.05) is 0 Å². The van der Waals surface area contributed by atoms with Crippen LogP contribution < -0.4 is 5.11 Å². The molecule has 1 unspecified atom stereocenters. The van der Waals surface area contributed by atoms with Crippen LogP contribution in [-0.4, -0.2) is 25.0 Å². The average molecular weight is 185 g/mol. The molecule has 0 N–H and O–H groups in total. The van der Waals surface area contributed by atoms with E-state index in [2.05, 4.69) is 6.58 Å². The number of aldehydes is 1. The van der Waals surface area contributed by atoms with Crippen LogP contribution in [0.15, 0.2) is 12.2 Å². The van der Waals surface area contributed by atoms with Gasteiger partial charge in [-0.15, -0.1) is 0 Å². The molecular weight excluding hydrogens is 172 g/mol. The third-order valence-corrected chi connectivity index (χ3v) is 1.47. The highest BCUT2D eigenvalue weighted by Gasteiger charge is 2.12. The van der Waals surface area contributed by atoms with Crippen LogP contribution in [0.1, 0.15) is 19.8 Å². The molecule has 0 amide bonds. The van der Waals surface area contributed by atoms with E-state index in [1.54, 1.807) is 0 Å². The van der Waals surface area contributed by atoms with Gasteiger partial charge in [0.15, 0.2) is 0 Å². The van der Waals surface area contributed by atoms with Crippen LogP contribution in [-0.2, 0) is 14.3 Å². The number of hydrogen-bond donors (Lipinski definition) is 0. The fourth-order valence-electron chi connectivity index (χ4n) is 0.710. The van der Waals surface area contributed by atoms with Crippen molar-refractivity contribution in [1.82, 2.24) is 0 Å². The van der Waals surface area contributed by atoms with Crippen molar-refractivity contribution >= 4 is 12.3 Å². The van der Waals surface area contributed by atoms with E-state index in [0.717, 1.165) is 25.7 Å². The molecule has 0 aliphatic carbocycles. The smallest absolute Gasteiger partial charge is 0.148 e. The lowest BCUT2D eigenvalue weighted by molar-refractivity contribution is -0.299. The fourth-order valence-corrected chi connectivity index (χ4v) is 0.710. The van der Waals surface area contributed by atoms with Gasteiger partial charge in [-0.3, -0.25) is 0 Å². The van der Waals surface area contributed by atoms with Gasteiger partial charge in [0.25, 0.3) is 0 Å². The number of carboxylic acid groups (broad SMARTS) is 1. The lowest BCUT2D eigenvalue weighted by atomic mass is 10.3. The molecule has 1 saturated heterocycles. The van der Waals surface area contributed by atoms with Crippen molar-refractivity contribution < 1.29 is 19.4 Å². The van der Waals surface area contributed by atoms with Crippen LogP contribution in [0, 0.1) is 0 Å². The molecule has 0 bridgehead atoms. The zero-order valence-corrected chi connectivity index (χ0v) is 7.62. The number of rotatable bonds is 2. The summed E-state index contributed by atoms with van der Waals surface area (Å²) < 4.78 is 4.93. The normalized spacial score (nSPS) is 19.9. The van der Waals surface area contributed by atoms with Crippen molar-refractivity contribution in [2.24, 2.45) is 0 Å². The Morgan fingerprint density at radius 3 is 2.38 bits per heavy atom. The summed E-state index contributed by atoms with van der Waals surface area (Å²) in [4.78, 5) is 19.4. The van der Waals surface area contributed by atoms with Crippen LogP contribution in [0.2, 0.25) is 0 Å². The summed E-state index contributed by atoms with van der Waals surface area (Å²) in [5.41, 5.74) is 0.0648. The molecule has 13 heavy (non-hydrogen) atoms. The molecule has 1 fully saturated rings. The highest BCUT2D eigenvalue weighted by Crippen LogP contribution is 2.08. The first-order valence-electron chi connectivity index (χ1n) is 4.01. The van der Waals surface area contributed by atoms with Crippen molar-refractivity contribution in [1.29, 1.82) is 0 Å². The standard InChI is InChI=1S/C5H8O2.C4H6O2/c6-4-5-2-1-3-7-5;1-3(2)4(5)6/h4-5H,1-3H2;1H2,2H3,(H,5,6)/p-1. The van der Waals surface area contributed by atoms with Crippen LogP contribution in [0.4, 0.5) is 0 Å². The van der Waals surface area contributed by atoms with Gasteiger partial charge < -0.3 is 19.4 Å². The molecule has 4 nitrogen and oxygen atoms in total. The van der Waals surface area contributed by atoms with Crippen molar-refractivity contribution in [3.63, 3.8) is 0 Å². The van der Waals surface area contributed by atoms with Crippen molar-refractivity contribution in [2.45, 2.75) is 25.9 Å². The van der Waals surface area contributed by atoms with Crippen molar-refractivity contribution in [2.75, 3.05) is 6.61 Å². The van der Waals surface area contributed by atoms with Crippen molar-refractivity contribution in [3.8, 4) is 0 Å². The first-order chi connectivity index (χ1) is 6.07. The molecular formula is C9H13O4-. The molecule has 1 rings (SSSR count). The van der Waals surface area contributed by atoms with Gasteiger partial charge in [-0.2, -0.15) is 0 Å². The van der Waals surface area contributed by atoms with E-state index >= 15 is 0 Å². The monoisotopic (exact) mass is 185 g/mol. The second-order valence-electron chi connectivity index (χ2n) is 2.76. The van der Waals surface area contributed by atoms with Crippen LogP contribution in [0.5, 0.6) is 0 Å². The van der Waals surface area contributed by atoms with E-state index in [-0.39, 0.29) is 11.7 Å². The van der Waals surface area contributed by atoms with Gasteiger partial charge in [-0.05, 0) is 25.3 Å². The summed E-state index contributed by atoms with van der Waals surface area (Å²) >= 11 is 0. The molecule has 0 radical (unpaired) electrons. The van der Waals surface area contributed by atoms with Gasteiger partial charge in [0.2, 0.25) is 0 Å². The molecule has 1 aliphatic heterocycles. The fraction of sp³-hybridized carbons (Fsp3) is 0.556. The predicted octanol–water partition coefficient (Wildman–Crippen LogP) is -0.323.